The molecule has 1 aromatic rings. The number of hydrogen-bond acceptors (Lipinski definition) is 2. The van der Waals surface area contributed by atoms with Gasteiger partial charge in [-0.2, -0.15) is 4.99 Å². The molecule has 0 bridgehead atoms. The standard InChI is InChI=1S/C9H11N3S.2BrH/c10-5-6-13-9-11-7-3-1-2-4-8(7)12-9;;/h1-4H,5-6,10H2,(H,11,12);2*1H. The van der Waals surface area contributed by atoms with Crippen molar-refractivity contribution in [2.45, 2.75) is 0 Å². The van der Waals surface area contributed by atoms with Crippen molar-refractivity contribution < 1.29 is 45.0 Å². The van der Waals surface area contributed by atoms with Crippen LogP contribution < -0.4 is 45.0 Å². The fraction of sp³-hybridized carbons (Fsp3) is 0.222. The average Bonchev–Trinajstić information content (AvgIpc) is 2.57. The lowest BCUT2D eigenvalue weighted by atomic mass is 10.3. The van der Waals surface area contributed by atoms with Gasteiger partial charge in [0.15, 0.2) is 5.69 Å². The van der Waals surface area contributed by atoms with E-state index >= 15 is 0 Å². The van der Waals surface area contributed by atoms with E-state index in [4.69, 9.17) is 0 Å². The van der Waals surface area contributed by atoms with Gasteiger partial charge in [0.2, 0.25) is 0 Å². The molecule has 6 heteroatoms. The van der Waals surface area contributed by atoms with Gasteiger partial charge >= 0.3 is 0 Å². The number of aliphatic imine (C=N–C) groups is 1. The maximum absolute atomic E-state index is 4.49. The SMILES string of the molecule is [Br-].[Br-].[NH3+]CCSC1=Nc2ccccc2[NH2+]1. The maximum atomic E-state index is 4.49. The van der Waals surface area contributed by atoms with Crippen molar-refractivity contribution in [2.24, 2.45) is 4.99 Å². The zero-order valence-electron chi connectivity index (χ0n) is 8.12. The number of para-hydroxylation sites is 2. The molecule has 1 aliphatic heterocycles. The number of fused-ring (bicyclic) bond motifs is 1. The number of amidine groups is 1. The summed E-state index contributed by atoms with van der Waals surface area (Å²) < 4.78 is 0. The number of quaternary nitrogens is 2. The highest BCUT2D eigenvalue weighted by molar-refractivity contribution is 8.13. The van der Waals surface area contributed by atoms with E-state index < -0.39 is 0 Å². The summed E-state index contributed by atoms with van der Waals surface area (Å²) in [5.74, 6) is 1.04. The molecule has 84 valence electrons. The molecule has 1 heterocycles. The average molecular weight is 355 g/mol. The molecule has 3 nitrogen and oxygen atoms in total. The Hall–Kier alpha value is 0.120. The Labute approximate surface area is 114 Å². The van der Waals surface area contributed by atoms with E-state index in [0.717, 1.165) is 23.2 Å². The van der Waals surface area contributed by atoms with Crippen LogP contribution in [-0.4, -0.2) is 17.5 Å². The Kier molecular flexibility index (Phi) is 7.46. The van der Waals surface area contributed by atoms with E-state index in [0.29, 0.717) is 0 Å². The van der Waals surface area contributed by atoms with E-state index in [1.807, 2.05) is 18.2 Å². The smallest absolute Gasteiger partial charge is 0.266 e. The van der Waals surface area contributed by atoms with Crippen LogP contribution in [0.25, 0.3) is 0 Å². The summed E-state index contributed by atoms with van der Waals surface area (Å²) in [5, 5.41) is 3.25. The number of rotatable bonds is 2. The van der Waals surface area contributed by atoms with Gasteiger partial charge in [-0.1, -0.05) is 12.1 Å². The molecular formula is C9H13Br2N3S. The quantitative estimate of drug-likeness (QED) is 0.510. The van der Waals surface area contributed by atoms with Crippen LogP contribution in [0.4, 0.5) is 11.4 Å². The van der Waals surface area contributed by atoms with Crippen molar-refractivity contribution in [3.63, 3.8) is 0 Å². The number of nitrogens with zero attached hydrogens (tertiary/aromatic N) is 1. The van der Waals surface area contributed by atoms with E-state index in [1.54, 1.807) is 11.8 Å². The summed E-state index contributed by atoms with van der Waals surface area (Å²) in [6, 6.07) is 8.20. The van der Waals surface area contributed by atoms with Crippen LogP contribution in [0.2, 0.25) is 0 Å². The van der Waals surface area contributed by atoms with Crippen molar-refractivity contribution in [1.82, 2.24) is 0 Å². The first kappa shape index (κ1) is 15.1. The fourth-order valence-corrected chi connectivity index (χ4v) is 1.97. The molecule has 0 fully saturated rings. The number of thioether (sulfide) groups is 1. The number of hydrogen-bond donors (Lipinski definition) is 2. The molecule has 0 aromatic heterocycles. The van der Waals surface area contributed by atoms with Crippen LogP contribution in [0.1, 0.15) is 0 Å². The van der Waals surface area contributed by atoms with Crippen molar-refractivity contribution in [2.75, 3.05) is 12.3 Å². The first-order valence-corrected chi connectivity index (χ1v) is 5.33. The van der Waals surface area contributed by atoms with E-state index in [2.05, 4.69) is 22.1 Å². The van der Waals surface area contributed by atoms with Crippen molar-refractivity contribution in [3.05, 3.63) is 24.3 Å². The molecule has 2 rings (SSSR count). The van der Waals surface area contributed by atoms with Crippen LogP contribution in [0.3, 0.4) is 0 Å². The Morgan fingerprint density at radius 3 is 2.67 bits per heavy atom. The van der Waals surface area contributed by atoms with Crippen LogP contribution in [0.5, 0.6) is 0 Å². The van der Waals surface area contributed by atoms with Gasteiger partial charge < -0.3 is 39.7 Å². The molecular weight excluding hydrogens is 342 g/mol. The van der Waals surface area contributed by atoms with Crippen LogP contribution in [0, 0.1) is 0 Å². The lowest BCUT2D eigenvalue weighted by Crippen LogP contribution is -3.00. The second-order valence-corrected chi connectivity index (χ2v) is 3.97. The Morgan fingerprint density at radius 1 is 1.27 bits per heavy atom. The molecule has 1 aromatic carbocycles. The molecule has 1 aliphatic rings. The van der Waals surface area contributed by atoms with Crippen LogP contribution in [0.15, 0.2) is 29.3 Å². The van der Waals surface area contributed by atoms with Gasteiger partial charge in [-0.05, 0) is 17.8 Å². The summed E-state index contributed by atoms with van der Waals surface area (Å²) in [7, 11) is 0. The highest BCUT2D eigenvalue weighted by Gasteiger charge is 2.18. The summed E-state index contributed by atoms with van der Waals surface area (Å²) >= 11 is 1.77. The summed E-state index contributed by atoms with van der Waals surface area (Å²) in [5.41, 5.74) is 6.13. The molecule has 5 N–H and O–H groups in total. The minimum absolute atomic E-state index is 0. The zero-order chi connectivity index (χ0) is 9.10. The van der Waals surface area contributed by atoms with Gasteiger partial charge in [-0.15, -0.1) is 0 Å². The Bertz CT molecular complexity index is 344. The first-order chi connectivity index (χ1) is 6.40. The van der Waals surface area contributed by atoms with Gasteiger partial charge in [-0.25, -0.2) is 0 Å². The third kappa shape index (κ3) is 3.88. The molecule has 0 unspecified atom stereocenters. The first-order valence-electron chi connectivity index (χ1n) is 4.34. The monoisotopic (exact) mass is 353 g/mol. The fourth-order valence-electron chi connectivity index (χ4n) is 1.25. The normalized spacial score (nSPS) is 12.2. The Morgan fingerprint density at radius 2 is 2.00 bits per heavy atom. The molecule has 0 saturated heterocycles. The Balaban J connectivity index is 0.000000980. The third-order valence-corrected chi connectivity index (χ3v) is 2.84. The van der Waals surface area contributed by atoms with Gasteiger partial charge in [0.1, 0.15) is 5.69 Å². The van der Waals surface area contributed by atoms with Crippen LogP contribution >= 0.6 is 11.8 Å². The predicted molar refractivity (Wildman–Crippen MR) is 55.3 cm³/mol. The number of benzene rings is 1. The largest absolute Gasteiger partial charge is 1.00 e. The highest BCUT2D eigenvalue weighted by Crippen LogP contribution is 2.24. The van der Waals surface area contributed by atoms with Crippen LogP contribution in [-0.2, 0) is 0 Å². The maximum Gasteiger partial charge on any atom is 0.266 e. The molecule has 0 spiro atoms. The predicted octanol–water partition coefficient (Wildman–Crippen LogP) is -6.13. The number of halogens is 2. The molecule has 0 saturated carbocycles. The van der Waals surface area contributed by atoms with Crippen molar-refractivity contribution >= 4 is 28.3 Å². The summed E-state index contributed by atoms with van der Waals surface area (Å²) in [6.45, 7) is 0.952. The van der Waals surface area contributed by atoms with Gasteiger partial charge in [0, 0.05) is 6.07 Å². The van der Waals surface area contributed by atoms with Gasteiger partial charge in [0.05, 0.1) is 12.3 Å². The summed E-state index contributed by atoms with van der Waals surface area (Å²) in [6.07, 6.45) is 0. The van der Waals surface area contributed by atoms with Gasteiger partial charge in [0.25, 0.3) is 5.17 Å². The molecule has 0 atom stereocenters. The minimum atomic E-state index is 0. The highest BCUT2D eigenvalue weighted by atomic mass is 79.9. The minimum Gasteiger partial charge on any atom is -1.00 e. The van der Waals surface area contributed by atoms with Gasteiger partial charge in [-0.3, -0.25) is 5.32 Å². The second-order valence-electron chi connectivity index (χ2n) is 2.86. The lowest BCUT2D eigenvalue weighted by molar-refractivity contribution is -0.432. The third-order valence-electron chi connectivity index (χ3n) is 1.84. The second kappa shape index (κ2) is 7.40. The lowest BCUT2D eigenvalue weighted by Gasteiger charge is -1.93. The molecule has 15 heavy (non-hydrogen) atoms. The van der Waals surface area contributed by atoms with E-state index in [-0.39, 0.29) is 34.0 Å². The topological polar surface area (TPSA) is 56.6 Å². The van der Waals surface area contributed by atoms with Crippen molar-refractivity contribution in [1.29, 1.82) is 0 Å². The molecule has 0 aliphatic carbocycles. The molecule has 0 radical (unpaired) electrons. The zero-order valence-corrected chi connectivity index (χ0v) is 12.1. The van der Waals surface area contributed by atoms with E-state index in [1.165, 1.54) is 5.69 Å². The summed E-state index contributed by atoms with van der Waals surface area (Å²) in [4.78, 5) is 4.49. The number of nitrogens with two attached hydrogens (primary N) is 1. The van der Waals surface area contributed by atoms with Crippen molar-refractivity contribution in [3.8, 4) is 0 Å². The van der Waals surface area contributed by atoms with E-state index in [9.17, 15) is 0 Å². The molecule has 0 amide bonds.